The second-order valence-corrected chi connectivity index (χ2v) is 11.2. The number of aromatic nitrogens is 3. The minimum absolute atomic E-state index is 0.151. The predicted molar refractivity (Wildman–Crippen MR) is 136 cm³/mol. The fourth-order valence-corrected chi connectivity index (χ4v) is 5.70. The molecule has 1 amide bonds. The summed E-state index contributed by atoms with van der Waals surface area (Å²) in [6, 6.07) is 6.26. The third-order valence-electron chi connectivity index (χ3n) is 6.39. The van der Waals surface area contributed by atoms with E-state index in [0.717, 1.165) is 55.1 Å². The van der Waals surface area contributed by atoms with Crippen molar-refractivity contribution in [1.82, 2.24) is 19.9 Å². The van der Waals surface area contributed by atoms with Crippen molar-refractivity contribution in [3.05, 3.63) is 35.5 Å². The molecule has 2 bridgehead atoms. The zero-order valence-electron chi connectivity index (χ0n) is 20.2. The van der Waals surface area contributed by atoms with Crippen LogP contribution in [0.25, 0.3) is 10.9 Å². The van der Waals surface area contributed by atoms with E-state index >= 15 is 0 Å². The van der Waals surface area contributed by atoms with Gasteiger partial charge in [0, 0.05) is 35.8 Å². The number of carbonyl (C=O) groups excluding carboxylic acids is 2. The number of amides is 1. The summed E-state index contributed by atoms with van der Waals surface area (Å²) in [4.78, 5) is 40.1. The Morgan fingerprint density at radius 1 is 1.23 bits per heavy atom. The summed E-state index contributed by atoms with van der Waals surface area (Å²) >= 11 is 1.27. The number of pyridine rings is 2. The first-order valence-corrected chi connectivity index (χ1v) is 12.8. The van der Waals surface area contributed by atoms with E-state index in [1.165, 1.54) is 17.5 Å². The molecular formula is C25H30N6O3S. The number of nitrogens with one attached hydrogen (secondary N) is 2. The Labute approximate surface area is 208 Å². The molecule has 0 saturated carbocycles. The van der Waals surface area contributed by atoms with E-state index in [-0.39, 0.29) is 24.2 Å². The molecule has 0 spiro atoms. The number of piperidine rings is 2. The van der Waals surface area contributed by atoms with Gasteiger partial charge in [0.15, 0.2) is 11.4 Å². The number of aldehydes is 1. The molecule has 0 unspecified atom stereocenters. The molecule has 5 heterocycles. The molecule has 2 aliphatic heterocycles. The average molecular weight is 495 g/mol. The monoisotopic (exact) mass is 494 g/mol. The first-order chi connectivity index (χ1) is 16.8. The zero-order valence-corrected chi connectivity index (χ0v) is 21.0. The molecule has 2 fully saturated rings. The van der Waals surface area contributed by atoms with E-state index in [1.54, 1.807) is 6.20 Å². The highest BCUT2D eigenvalue weighted by molar-refractivity contribution is 7.17. The SMILES string of the molecule is CC(C)(C)OC(=O)N1[C@@H]2CCC[C@H]1C[C@H](Nc1nc(Nc3ncc(C=O)s3)cc3ncccc13)C2. The maximum absolute atomic E-state index is 12.9. The third kappa shape index (κ3) is 5.22. The Morgan fingerprint density at radius 3 is 2.69 bits per heavy atom. The lowest BCUT2D eigenvalue weighted by Crippen LogP contribution is -2.58. The van der Waals surface area contributed by atoms with Crippen molar-refractivity contribution in [2.75, 3.05) is 10.6 Å². The summed E-state index contributed by atoms with van der Waals surface area (Å²) < 4.78 is 5.72. The number of fused-ring (bicyclic) bond motifs is 3. The summed E-state index contributed by atoms with van der Waals surface area (Å²) in [7, 11) is 0. The van der Waals surface area contributed by atoms with Crippen LogP contribution in [-0.2, 0) is 4.74 Å². The van der Waals surface area contributed by atoms with E-state index in [1.807, 2.05) is 43.9 Å². The minimum atomic E-state index is -0.506. The van der Waals surface area contributed by atoms with Crippen LogP contribution in [0.1, 0.15) is 62.5 Å². The van der Waals surface area contributed by atoms with E-state index in [4.69, 9.17) is 9.72 Å². The molecule has 3 aromatic heterocycles. The van der Waals surface area contributed by atoms with Gasteiger partial charge in [0.05, 0.1) is 16.6 Å². The van der Waals surface area contributed by atoms with Crippen LogP contribution in [0.2, 0.25) is 0 Å². The molecule has 0 aromatic carbocycles. The molecule has 10 heteroatoms. The van der Waals surface area contributed by atoms with E-state index < -0.39 is 5.60 Å². The van der Waals surface area contributed by atoms with Crippen LogP contribution < -0.4 is 10.6 Å². The Kier molecular flexibility index (Phi) is 6.31. The van der Waals surface area contributed by atoms with Crippen LogP contribution in [0.15, 0.2) is 30.6 Å². The Morgan fingerprint density at radius 2 is 2.00 bits per heavy atom. The highest BCUT2D eigenvalue weighted by Crippen LogP contribution is 2.37. The second-order valence-electron chi connectivity index (χ2n) is 10.2. The summed E-state index contributed by atoms with van der Waals surface area (Å²) in [5.74, 6) is 1.36. The van der Waals surface area contributed by atoms with Crippen LogP contribution in [0.4, 0.5) is 21.6 Å². The standard InChI is InChI=1S/C25H30N6O3S/c1-25(2,3)34-24(33)31-16-6-4-7-17(31)11-15(10-16)28-22-19-8-5-9-26-20(19)12-21(29-22)30-23-27-13-18(14-32)35-23/h5,8-9,12-17H,4,6-7,10-11H2,1-3H3,(H2,27,28,29,30)/t15-,16-,17+. The number of carbonyl (C=O) groups is 2. The molecule has 0 radical (unpaired) electrons. The van der Waals surface area contributed by atoms with Gasteiger partial charge in [-0.15, -0.1) is 0 Å². The maximum atomic E-state index is 12.9. The molecule has 35 heavy (non-hydrogen) atoms. The van der Waals surface area contributed by atoms with Crippen LogP contribution in [0.3, 0.4) is 0 Å². The fraction of sp³-hybridized carbons (Fsp3) is 0.480. The predicted octanol–water partition coefficient (Wildman–Crippen LogP) is 5.37. The number of rotatable bonds is 5. The molecule has 9 nitrogen and oxygen atoms in total. The van der Waals surface area contributed by atoms with Gasteiger partial charge < -0.3 is 20.3 Å². The minimum Gasteiger partial charge on any atom is -0.444 e. The molecular weight excluding hydrogens is 464 g/mol. The second kappa shape index (κ2) is 9.41. The van der Waals surface area contributed by atoms with Crippen molar-refractivity contribution in [1.29, 1.82) is 0 Å². The van der Waals surface area contributed by atoms with Gasteiger partial charge in [-0.2, -0.15) is 0 Å². The number of nitrogens with zero attached hydrogens (tertiary/aromatic N) is 4. The van der Waals surface area contributed by atoms with Gasteiger partial charge in [0.1, 0.15) is 17.2 Å². The molecule has 3 atom stereocenters. The van der Waals surface area contributed by atoms with Crippen LogP contribution >= 0.6 is 11.3 Å². The molecule has 2 N–H and O–H groups in total. The lowest BCUT2D eigenvalue weighted by Gasteiger charge is -2.48. The maximum Gasteiger partial charge on any atom is 0.410 e. The van der Waals surface area contributed by atoms with Gasteiger partial charge >= 0.3 is 6.09 Å². The third-order valence-corrected chi connectivity index (χ3v) is 7.23. The lowest BCUT2D eigenvalue weighted by molar-refractivity contribution is -0.0199. The van der Waals surface area contributed by atoms with Gasteiger partial charge in [-0.3, -0.25) is 9.78 Å². The largest absolute Gasteiger partial charge is 0.444 e. The number of hydrogen-bond acceptors (Lipinski definition) is 9. The summed E-state index contributed by atoms with van der Waals surface area (Å²) in [5.41, 5.74) is 0.305. The van der Waals surface area contributed by atoms with Crippen LogP contribution in [0.5, 0.6) is 0 Å². The molecule has 2 aliphatic rings. The number of thiazole rings is 1. The molecule has 5 rings (SSSR count). The van der Waals surface area contributed by atoms with Crippen LogP contribution in [-0.4, -0.2) is 56.0 Å². The summed E-state index contributed by atoms with van der Waals surface area (Å²) in [6.07, 6.45) is 8.64. The zero-order chi connectivity index (χ0) is 24.6. The molecule has 184 valence electrons. The molecule has 0 aliphatic carbocycles. The average Bonchev–Trinajstić information content (AvgIpc) is 3.25. The normalized spacial score (nSPS) is 22.0. The smallest absolute Gasteiger partial charge is 0.410 e. The van der Waals surface area contributed by atoms with Gasteiger partial charge in [0.25, 0.3) is 0 Å². The summed E-state index contributed by atoms with van der Waals surface area (Å²) in [5, 5.41) is 8.39. The quantitative estimate of drug-likeness (QED) is 0.455. The van der Waals surface area contributed by atoms with Gasteiger partial charge in [-0.05, 0) is 65.0 Å². The number of anilines is 3. The van der Waals surface area contributed by atoms with E-state index in [2.05, 4.69) is 20.6 Å². The summed E-state index contributed by atoms with van der Waals surface area (Å²) in [6.45, 7) is 5.73. The first-order valence-electron chi connectivity index (χ1n) is 12.0. The van der Waals surface area contributed by atoms with Crippen molar-refractivity contribution in [3.63, 3.8) is 0 Å². The van der Waals surface area contributed by atoms with Gasteiger partial charge in [0.2, 0.25) is 0 Å². The molecule has 3 aromatic rings. The van der Waals surface area contributed by atoms with Gasteiger partial charge in [-0.1, -0.05) is 11.3 Å². The van der Waals surface area contributed by atoms with Crippen molar-refractivity contribution in [2.45, 2.75) is 76.6 Å². The van der Waals surface area contributed by atoms with E-state index in [0.29, 0.717) is 15.8 Å². The van der Waals surface area contributed by atoms with Crippen LogP contribution in [0, 0.1) is 0 Å². The van der Waals surface area contributed by atoms with Crippen molar-refractivity contribution < 1.29 is 14.3 Å². The Hall–Kier alpha value is -3.27. The van der Waals surface area contributed by atoms with Crippen molar-refractivity contribution in [3.8, 4) is 0 Å². The van der Waals surface area contributed by atoms with E-state index in [9.17, 15) is 9.59 Å². The van der Waals surface area contributed by atoms with Crippen molar-refractivity contribution in [2.24, 2.45) is 0 Å². The highest BCUT2D eigenvalue weighted by atomic mass is 32.1. The van der Waals surface area contributed by atoms with Gasteiger partial charge in [-0.25, -0.2) is 14.8 Å². The fourth-order valence-electron chi connectivity index (χ4n) is 5.06. The lowest BCUT2D eigenvalue weighted by atomic mass is 9.82. The molecule has 2 saturated heterocycles. The Balaban J connectivity index is 1.37. The number of ether oxygens (including phenoxy) is 1. The Bertz CT molecular complexity index is 1230. The highest BCUT2D eigenvalue weighted by Gasteiger charge is 2.42. The number of hydrogen-bond donors (Lipinski definition) is 2. The topological polar surface area (TPSA) is 109 Å². The van der Waals surface area contributed by atoms with Crippen molar-refractivity contribution >= 4 is 51.4 Å². The first kappa shape index (κ1) is 23.5.